The van der Waals surface area contributed by atoms with Gasteiger partial charge in [-0.05, 0) is 19.1 Å². The number of aryl methyl sites for hydroxylation is 1. The second-order valence-electron chi connectivity index (χ2n) is 4.54. The highest BCUT2D eigenvalue weighted by Crippen LogP contribution is 2.13. The molecule has 0 fully saturated rings. The SMILES string of the molecule is Cc1nnc(NC(=O)Cn2c(=O)[nH]c3ccccc3c2=O)s1. The number of fused-ring (bicyclic) bond motifs is 1. The molecule has 2 aromatic heterocycles. The minimum absolute atomic E-state index is 0.327. The number of aromatic amines is 1. The Labute approximate surface area is 127 Å². The summed E-state index contributed by atoms with van der Waals surface area (Å²) >= 11 is 1.21. The highest BCUT2D eigenvalue weighted by atomic mass is 32.1. The van der Waals surface area contributed by atoms with Gasteiger partial charge in [-0.15, -0.1) is 10.2 Å². The van der Waals surface area contributed by atoms with Crippen molar-refractivity contribution >= 4 is 33.3 Å². The zero-order chi connectivity index (χ0) is 15.7. The molecule has 8 nitrogen and oxygen atoms in total. The molecule has 0 saturated carbocycles. The maximum absolute atomic E-state index is 12.3. The number of para-hydroxylation sites is 1. The molecule has 3 aromatic rings. The first-order chi connectivity index (χ1) is 10.5. The molecule has 0 bridgehead atoms. The molecule has 1 amide bonds. The second-order valence-corrected chi connectivity index (χ2v) is 5.72. The van der Waals surface area contributed by atoms with Gasteiger partial charge in [0, 0.05) is 0 Å². The number of nitrogens with one attached hydrogen (secondary N) is 2. The Morgan fingerprint density at radius 3 is 2.82 bits per heavy atom. The number of rotatable bonds is 3. The van der Waals surface area contributed by atoms with Crippen LogP contribution in [0.3, 0.4) is 0 Å². The summed E-state index contributed by atoms with van der Waals surface area (Å²) in [6.07, 6.45) is 0. The number of amides is 1. The first-order valence-corrected chi connectivity index (χ1v) is 7.18. The van der Waals surface area contributed by atoms with Crippen LogP contribution >= 0.6 is 11.3 Å². The molecule has 0 saturated heterocycles. The molecular formula is C13H11N5O3S. The van der Waals surface area contributed by atoms with E-state index in [1.807, 2.05) is 0 Å². The second kappa shape index (κ2) is 5.53. The van der Waals surface area contributed by atoms with Gasteiger partial charge in [0.05, 0.1) is 10.9 Å². The lowest BCUT2D eigenvalue weighted by Crippen LogP contribution is -2.38. The zero-order valence-corrected chi connectivity index (χ0v) is 12.3. The predicted octanol–water partition coefficient (Wildman–Crippen LogP) is 0.488. The summed E-state index contributed by atoms with van der Waals surface area (Å²) in [5.74, 6) is -0.515. The Kier molecular flexibility index (Phi) is 3.55. The van der Waals surface area contributed by atoms with Crippen LogP contribution in [0.2, 0.25) is 0 Å². The molecule has 0 radical (unpaired) electrons. The van der Waals surface area contributed by atoms with E-state index in [4.69, 9.17) is 0 Å². The van der Waals surface area contributed by atoms with Gasteiger partial charge in [-0.2, -0.15) is 0 Å². The Bertz CT molecular complexity index is 971. The molecule has 0 atom stereocenters. The summed E-state index contributed by atoms with van der Waals surface area (Å²) < 4.78 is 0.853. The monoisotopic (exact) mass is 317 g/mol. The van der Waals surface area contributed by atoms with Gasteiger partial charge in [-0.1, -0.05) is 23.5 Å². The molecule has 0 spiro atoms. The van der Waals surface area contributed by atoms with Crippen molar-refractivity contribution in [3.63, 3.8) is 0 Å². The van der Waals surface area contributed by atoms with Crippen molar-refractivity contribution in [3.8, 4) is 0 Å². The minimum atomic E-state index is -0.632. The van der Waals surface area contributed by atoms with Gasteiger partial charge in [0.15, 0.2) is 0 Å². The summed E-state index contributed by atoms with van der Waals surface area (Å²) in [6.45, 7) is 1.36. The van der Waals surface area contributed by atoms with E-state index in [-0.39, 0.29) is 0 Å². The quantitative estimate of drug-likeness (QED) is 0.730. The van der Waals surface area contributed by atoms with Gasteiger partial charge in [0.1, 0.15) is 11.6 Å². The van der Waals surface area contributed by atoms with E-state index in [1.165, 1.54) is 11.3 Å². The van der Waals surface area contributed by atoms with Gasteiger partial charge in [0.25, 0.3) is 5.56 Å². The largest absolute Gasteiger partial charge is 0.329 e. The average Bonchev–Trinajstić information content (AvgIpc) is 2.88. The third-order valence-electron chi connectivity index (χ3n) is 2.96. The summed E-state index contributed by atoms with van der Waals surface area (Å²) in [5, 5.41) is 11.4. The maximum atomic E-state index is 12.3. The number of aromatic nitrogens is 4. The predicted molar refractivity (Wildman–Crippen MR) is 82.1 cm³/mol. The zero-order valence-electron chi connectivity index (χ0n) is 11.5. The Morgan fingerprint density at radius 1 is 1.32 bits per heavy atom. The summed E-state index contributed by atoms with van der Waals surface area (Å²) in [5.41, 5.74) is -0.704. The first-order valence-electron chi connectivity index (χ1n) is 6.36. The molecule has 2 N–H and O–H groups in total. The lowest BCUT2D eigenvalue weighted by molar-refractivity contribution is -0.116. The standard InChI is InChI=1S/C13H11N5O3S/c1-7-16-17-12(22-7)15-10(19)6-18-11(20)8-4-2-3-5-9(8)14-13(18)21/h2-5H,6H2,1H3,(H,14,21)(H,15,17,19). The van der Waals surface area contributed by atoms with Crippen LogP contribution in [0.1, 0.15) is 5.01 Å². The van der Waals surface area contributed by atoms with Crippen molar-refractivity contribution in [2.24, 2.45) is 0 Å². The number of carbonyl (C=O) groups is 1. The summed E-state index contributed by atoms with van der Waals surface area (Å²) in [6, 6.07) is 6.63. The highest BCUT2D eigenvalue weighted by Gasteiger charge is 2.12. The number of benzene rings is 1. The van der Waals surface area contributed by atoms with Crippen LogP contribution in [-0.4, -0.2) is 25.7 Å². The van der Waals surface area contributed by atoms with Crippen molar-refractivity contribution < 1.29 is 4.79 Å². The van der Waals surface area contributed by atoms with Crippen LogP contribution in [0.4, 0.5) is 5.13 Å². The van der Waals surface area contributed by atoms with Gasteiger partial charge < -0.3 is 4.98 Å². The summed E-state index contributed by atoms with van der Waals surface area (Å²) in [7, 11) is 0. The van der Waals surface area contributed by atoms with Crippen LogP contribution in [0.15, 0.2) is 33.9 Å². The van der Waals surface area contributed by atoms with Gasteiger partial charge >= 0.3 is 5.69 Å². The molecule has 0 unspecified atom stereocenters. The van der Waals surface area contributed by atoms with Gasteiger partial charge in [-0.25, -0.2) is 4.79 Å². The molecule has 0 aliphatic carbocycles. The van der Waals surface area contributed by atoms with Gasteiger partial charge in [0.2, 0.25) is 11.0 Å². The van der Waals surface area contributed by atoms with E-state index in [0.717, 1.165) is 4.57 Å². The number of H-pyrrole nitrogens is 1. The molecule has 3 rings (SSSR count). The average molecular weight is 317 g/mol. The number of hydrogen-bond donors (Lipinski definition) is 2. The lowest BCUT2D eigenvalue weighted by Gasteiger charge is -2.05. The maximum Gasteiger partial charge on any atom is 0.329 e. The molecule has 1 aromatic carbocycles. The van der Waals surface area contributed by atoms with Crippen molar-refractivity contribution in [3.05, 3.63) is 50.1 Å². The van der Waals surface area contributed by atoms with Crippen LogP contribution in [0.5, 0.6) is 0 Å². The Hall–Kier alpha value is -2.81. The number of hydrogen-bond acceptors (Lipinski definition) is 6. The van der Waals surface area contributed by atoms with E-state index in [1.54, 1.807) is 31.2 Å². The smallest absolute Gasteiger partial charge is 0.307 e. The van der Waals surface area contributed by atoms with E-state index >= 15 is 0 Å². The number of nitrogens with zero attached hydrogens (tertiary/aromatic N) is 3. The topological polar surface area (TPSA) is 110 Å². The Balaban J connectivity index is 1.92. The van der Waals surface area contributed by atoms with Gasteiger partial charge in [-0.3, -0.25) is 19.5 Å². The normalized spacial score (nSPS) is 10.8. The van der Waals surface area contributed by atoms with Crippen LogP contribution in [-0.2, 0) is 11.3 Å². The van der Waals surface area contributed by atoms with Crippen molar-refractivity contribution in [1.82, 2.24) is 19.7 Å². The molecule has 0 aliphatic rings. The third kappa shape index (κ3) is 2.66. The van der Waals surface area contributed by atoms with E-state index in [0.29, 0.717) is 21.0 Å². The lowest BCUT2D eigenvalue weighted by atomic mass is 10.2. The highest BCUT2D eigenvalue weighted by molar-refractivity contribution is 7.15. The fraction of sp³-hybridized carbons (Fsp3) is 0.154. The van der Waals surface area contributed by atoms with Crippen molar-refractivity contribution in [1.29, 1.82) is 0 Å². The third-order valence-corrected chi connectivity index (χ3v) is 3.72. The van der Waals surface area contributed by atoms with E-state index < -0.39 is 23.7 Å². The van der Waals surface area contributed by atoms with Crippen molar-refractivity contribution in [2.75, 3.05) is 5.32 Å². The molecule has 22 heavy (non-hydrogen) atoms. The minimum Gasteiger partial charge on any atom is -0.307 e. The molecule has 2 heterocycles. The molecule has 112 valence electrons. The van der Waals surface area contributed by atoms with Crippen LogP contribution in [0, 0.1) is 6.92 Å². The van der Waals surface area contributed by atoms with Crippen LogP contribution in [0.25, 0.3) is 10.9 Å². The fourth-order valence-corrected chi connectivity index (χ4v) is 2.60. The van der Waals surface area contributed by atoms with Crippen molar-refractivity contribution in [2.45, 2.75) is 13.5 Å². The first kappa shape index (κ1) is 14.1. The summed E-state index contributed by atoms with van der Waals surface area (Å²) in [4.78, 5) is 38.7. The fourth-order valence-electron chi connectivity index (χ4n) is 1.99. The Morgan fingerprint density at radius 2 is 2.09 bits per heavy atom. The molecular weight excluding hydrogens is 306 g/mol. The molecule has 0 aliphatic heterocycles. The number of carbonyl (C=O) groups excluding carboxylic acids is 1. The van der Waals surface area contributed by atoms with E-state index in [9.17, 15) is 14.4 Å². The van der Waals surface area contributed by atoms with E-state index in [2.05, 4.69) is 20.5 Å². The number of anilines is 1. The van der Waals surface area contributed by atoms with Crippen LogP contribution < -0.4 is 16.6 Å². The molecule has 9 heteroatoms.